The molecule has 1 saturated carbocycles. The monoisotopic (exact) mass is 387 g/mol. The first-order chi connectivity index (χ1) is 14.1. The molecule has 29 heavy (non-hydrogen) atoms. The third-order valence-corrected chi connectivity index (χ3v) is 7.48. The molecule has 1 aliphatic carbocycles. The number of fused-ring (bicyclic) bond motifs is 5. The second-order valence-corrected chi connectivity index (χ2v) is 9.39. The Morgan fingerprint density at radius 2 is 2.03 bits per heavy atom. The van der Waals surface area contributed by atoms with Crippen LogP contribution < -0.4 is 4.74 Å². The molecular weight excluding hydrogens is 358 g/mol. The van der Waals surface area contributed by atoms with Crippen molar-refractivity contribution in [1.29, 1.82) is 0 Å². The van der Waals surface area contributed by atoms with Crippen molar-refractivity contribution in [3.63, 3.8) is 0 Å². The first-order valence-electron chi connectivity index (χ1n) is 11.0. The molecule has 0 bridgehead atoms. The first kappa shape index (κ1) is 17.5. The molecule has 2 aliphatic heterocycles. The average molecular weight is 388 g/mol. The second-order valence-electron chi connectivity index (χ2n) is 9.39. The quantitative estimate of drug-likeness (QED) is 0.594. The van der Waals surface area contributed by atoms with E-state index in [1.165, 1.54) is 47.0 Å². The Kier molecular flexibility index (Phi) is 3.83. The number of aromatic nitrogens is 2. The number of likely N-dealkylation sites (N-methyl/N-ethyl adjacent to an activating group) is 1. The predicted molar refractivity (Wildman–Crippen MR) is 116 cm³/mol. The first-order valence-corrected chi connectivity index (χ1v) is 11.0. The van der Waals surface area contributed by atoms with Crippen LogP contribution in [0.4, 0.5) is 0 Å². The second kappa shape index (κ2) is 6.33. The Balaban J connectivity index is 1.55. The van der Waals surface area contributed by atoms with Crippen LogP contribution in [-0.2, 0) is 13.1 Å². The minimum absolute atomic E-state index is 0.321. The summed E-state index contributed by atoms with van der Waals surface area (Å²) in [6.07, 6.45) is 6.03. The maximum absolute atomic E-state index is 6.45. The van der Waals surface area contributed by atoms with E-state index in [-0.39, 0.29) is 0 Å². The molecule has 0 spiro atoms. The van der Waals surface area contributed by atoms with E-state index in [1.54, 1.807) is 5.56 Å². The van der Waals surface area contributed by atoms with Crippen LogP contribution in [0.5, 0.6) is 5.75 Å². The van der Waals surface area contributed by atoms with Crippen molar-refractivity contribution in [2.24, 2.45) is 0 Å². The normalized spacial score (nSPS) is 26.1. The Bertz CT molecular complexity index is 1100. The van der Waals surface area contributed by atoms with Gasteiger partial charge in [-0.25, -0.2) is 0 Å². The van der Waals surface area contributed by atoms with Gasteiger partial charge in [0.2, 0.25) is 0 Å². The van der Waals surface area contributed by atoms with E-state index in [0.717, 1.165) is 24.5 Å². The number of hydrogen-bond donors (Lipinski definition) is 0. The summed E-state index contributed by atoms with van der Waals surface area (Å²) >= 11 is 0. The summed E-state index contributed by atoms with van der Waals surface area (Å²) in [6.45, 7) is 6.98. The van der Waals surface area contributed by atoms with Gasteiger partial charge in [-0.1, -0.05) is 12.5 Å². The van der Waals surface area contributed by atoms with Gasteiger partial charge in [-0.3, -0.25) is 9.88 Å². The summed E-state index contributed by atoms with van der Waals surface area (Å²) in [6, 6.07) is 9.69. The van der Waals surface area contributed by atoms with E-state index >= 15 is 0 Å². The van der Waals surface area contributed by atoms with Gasteiger partial charge in [0.1, 0.15) is 5.75 Å². The van der Waals surface area contributed by atoms with Gasteiger partial charge in [0.05, 0.1) is 12.1 Å². The van der Waals surface area contributed by atoms with Crippen LogP contribution in [0, 0.1) is 13.8 Å². The maximum Gasteiger partial charge on any atom is 0.143 e. The lowest BCUT2D eigenvalue weighted by atomic mass is 9.87. The average Bonchev–Trinajstić information content (AvgIpc) is 3.24. The topological polar surface area (TPSA) is 30.3 Å². The zero-order valence-electron chi connectivity index (χ0n) is 17.6. The zero-order valence-corrected chi connectivity index (χ0v) is 17.6. The van der Waals surface area contributed by atoms with Gasteiger partial charge in [0, 0.05) is 53.9 Å². The van der Waals surface area contributed by atoms with Gasteiger partial charge >= 0.3 is 0 Å². The van der Waals surface area contributed by atoms with Gasteiger partial charge in [-0.2, -0.15) is 0 Å². The van der Waals surface area contributed by atoms with Gasteiger partial charge in [-0.05, 0) is 68.6 Å². The third kappa shape index (κ3) is 2.58. The summed E-state index contributed by atoms with van der Waals surface area (Å²) in [4.78, 5) is 7.16. The lowest BCUT2D eigenvalue weighted by Gasteiger charge is -2.36. The molecule has 4 nitrogen and oxygen atoms in total. The van der Waals surface area contributed by atoms with E-state index in [1.807, 2.05) is 13.1 Å². The minimum Gasteiger partial charge on any atom is -0.491 e. The highest BCUT2D eigenvalue weighted by Crippen LogP contribution is 2.49. The molecule has 0 amide bonds. The van der Waals surface area contributed by atoms with Crippen LogP contribution >= 0.6 is 0 Å². The van der Waals surface area contributed by atoms with E-state index in [9.17, 15) is 0 Å². The Morgan fingerprint density at radius 3 is 2.86 bits per heavy atom. The van der Waals surface area contributed by atoms with Crippen molar-refractivity contribution < 1.29 is 4.74 Å². The molecule has 3 unspecified atom stereocenters. The van der Waals surface area contributed by atoms with Crippen LogP contribution in [0.1, 0.15) is 59.2 Å². The van der Waals surface area contributed by atoms with Crippen LogP contribution in [-0.4, -0.2) is 34.1 Å². The summed E-state index contributed by atoms with van der Waals surface area (Å²) in [5.74, 6) is 2.05. The van der Waals surface area contributed by atoms with Crippen molar-refractivity contribution in [3.8, 4) is 5.75 Å². The van der Waals surface area contributed by atoms with Crippen LogP contribution in [0.15, 0.2) is 30.5 Å². The lowest BCUT2D eigenvalue weighted by Crippen LogP contribution is -2.38. The molecular formula is C25H29N3O. The smallest absolute Gasteiger partial charge is 0.143 e. The molecule has 0 N–H and O–H groups in total. The SMILES string of the molecule is Cc1cc2c3c(c1)c1c(n3CC(c3ccc(C)nc3)CO2)CN(C)C2CCCC12. The number of rotatable bonds is 1. The van der Waals surface area contributed by atoms with Gasteiger partial charge in [-0.15, -0.1) is 0 Å². The highest BCUT2D eigenvalue weighted by atomic mass is 16.5. The van der Waals surface area contributed by atoms with E-state index in [2.05, 4.69) is 52.7 Å². The number of nitrogens with zero attached hydrogens (tertiary/aromatic N) is 3. The van der Waals surface area contributed by atoms with Crippen molar-refractivity contribution in [3.05, 3.63) is 58.5 Å². The molecule has 2 aromatic heterocycles. The van der Waals surface area contributed by atoms with Crippen LogP contribution in [0.2, 0.25) is 0 Å². The molecule has 1 aromatic carbocycles. The molecule has 1 fully saturated rings. The number of aryl methyl sites for hydroxylation is 2. The van der Waals surface area contributed by atoms with E-state index in [4.69, 9.17) is 4.74 Å². The number of ether oxygens (including phenoxy) is 1. The molecule has 3 aliphatic rings. The molecule has 3 atom stereocenters. The Morgan fingerprint density at radius 1 is 1.14 bits per heavy atom. The Hall–Kier alpha value is -2.33. The number of hydrogen-bond acceptors (Lipinski definition) is 3. The molecule has 4 heterocycles. The standard InChI is InChI=1S/C25H29N3O/c1-15-9-20-24-19-5-4-6-21(19)27(3)13-22(24)28-12-18(14-29-23(10-15)25(20)28)17-8-7-16(2)26-11-17/h7-11,18-19,21H,4-6,12-14H2,1-3H3. The zero-order chi connectivity index (χ0) is 19.7. The van der Waals surface area contributed by atoms with Crippen molar-refractivity contribution in [1.82, 2.24) is 14.5 Å². The maximum atomic E-state index is 6.45. The molecule has 3 aromatic rings. The fourth-order valence-corrected chi connectivity index (χ4v) is 6.10. The van der Waals surface area contributed by atoms with E-state index < -0.39 is 0 Å². The number of benzene rings is 1. The summed E-state index contributed by atoms with van der Waals surface area (Å²) in [7, 11) is 2.32. The van der Waals surface area contributed by atoms with Gasteiger partial charge < -0.3 is 9.30 Å². The summed E-state index contributed by atoms with van der Waals surface area (Å²) in [5.41, 5.74) is 8.11. The largest absolute Gasteiger partial charge is 0.491 e. The fraction of sp³-hybridized carbons (Fsp3) is 0.480. The number of pyridine rings is 1. The fourth-order valence-electron chi connectivity index (χ4n) is 6.10. The van der Waals surface area contributed by atoms with Crippen molar-refractivity contribution >= 4 is 10.9 Å². The molecule has 0 radical (unpaired) electrons. The van der Waals surface area contributed by atoms with Gasteiger partial charge in [0.15, 0.2) is 0 Å². The van der Waals surface area contributed by atoms with Crippen molar-refractivity contribution in [2.75, 3.05) is 13.7 Å². The third-order valence-electron chi connectivity index (χ3n) is 7.48. The predicted octanol–water partition coefficient (Wildman–Crippen LogP) is 4.91. The highest BCUT2D eigenvalue weighted by molar-refractivity contribution is 5.92. The van der Waals surface area contributed by atoms with Gasteiger partial charge in [0.25, 0.3) is 0 Å². The van der Waals surface area contributed by atoms with Crippen molar-refractivity contribution in [2.45, 2.75) is 64.1 Å². The molecule has 6 rings (SSSR count). The summed E-state index contributed by atoms with van der Waals surface area (Å²) in [5, 5.41) is 1.45. The molecule has 4 heteroatoms. The van der Waals surface area contributed by atoms with Crippen LogP contribution in [0.3, 0.4) is 0 Å². The van der Waals surface area contributed by atoms with E-state index in [0.29, 0.717) is 24.5 Å². The van der Waals surface area contributed by atoms with Crippen LogP contribution in [0.25, 0.3) is 10.9 Å². The molecule has 150 valence electrons. The Labute approximate surface area is 172 Å². The minimum atomic E-state index is 0.321. The molecule has 0 saturated heterocycles. The highest BCUT2D eigenvalue weighted by Gasteiger charge is 2.41. The lowest BCUT2D eigenvalue weighted by molar-refractivity contribution is 0.195. The summed E-state index contributed by atoms with van der Waals surface area (Å²) < 4.78 is 9.05.